The highest BCUT2D eigenvalue weighted by atomic mass is 16.4. The van der Waals surface area contributed by atoms with Gasteiger partial charge in [0, 0.05) is 17.8 Å². The number of carbonyl (C=O) groups is 2. The molecule has 3 fully saturated rings. The third-order valence-electron chi connectivity index (χ3n) is 9.51. The minimum atomic E-state index is -0.926. The highest BCUT2D eigenvalue weighted by molar-refractivity contribution is 5.99. The summed E-state index contributed by atoms with van der Waals surface area (Å²) in [7, 11) is 2.19. The molecule has 0 radical (unpaired) electrons. The summed E-state index contributed by atoms with van der Waals surface area (Å²) in [6.07, 6.45) is 10.3. The molecule has 2 saturated carbocycles. The summed E-state index contributed by atoms with van der Waals surface area (Å²) in [5.41, 5.74) is 5.02. The number of carboxylic acids is 1. The molecule has 2 atom stereocenters. The van der Waals surface area contributed by atoms with Crippen LogP contribution >= 0.6 is 0 Å². The second kappa shape index (κ2) is 9.75. The van der Waals surface area contributed by atoms with Crippen molar-refractivity contribution in [1.82, 2.24) is 9.47 Å². The van der Waals surface area contributed by atoms with Gasteiger partial charge in [0.1, 0.15) is 0 Å². The number of Topliss-reactive ketones (excluding diaryl/α,β-unsaturated/α-hetero) is 1. The lowest BCUT2D eigenvalue weighted by Gasteiger charge is -2.24. The van der Waals surface area contributed by atoms with E-state index in [2.05, 4.69) is 40.8 Å². The average Bonchev–Trinajstić information content (AvgIpc) is 3.60. The van der Waals surface area contributed by atoms with Crippen molar-refractivity contribution >= 4 is 22.7 Å². The van der Waals surface area contributed by atoms with Gasteiger partial charge in [-0.2, -0.15) is 0 Å². The number of hydrogen-bond donors (Lipinski definition) is 1. The molecule has 1 saturated heterocycles. The molecule has 37 heavy (non-hydrogen) atoms. The minimum Gasteiger partial charge on any atom is -0.478 e. The third-order valence-corrected chi connectivity index (χ3v) is 9.51. The molecule has 6 rings (SSSR count). The Morgan fingerprint density at radius 2 is 1.78 bits per heavy atom. The van der Waals surface area contributed by atoms with Gasteiger partial charge in [-0.25, -0.2) is 4.79 Å². The Morgan fingerprint density at radius 3 is 2.49 bits per heavy atom. The van der Waals surface area contributed by atoms with Crippen molar-refractivity contribution in [1.29, 1.82) is 0 Å². The van der Waals surface area contributed by atoms with Crippen LogP contribution in [0, 0.1) is 11.3 Å². The molecule has 3 aliphatic rings. The minimum absolute atomic E-state index is 0.0911. The highest BCUT2D eigenvalue weighted by Crippen LogP contribution is 2.49. The standard InChI is InChI=1S/C32H38N2O3/c1-33-17-16-32(21-33)15-14-25(19-32)28(35)20-34-27-18-24(31(36)37)12-13-26(27)29(22-8-4-2-5-9-22)30(34)23-10-6-3-7-11-23/h3,6-7,10-13,18,22,25H,2,4-5,8-9,14-17,19-21H2,1H3,(H,36,37). The van der Waals surface area contributed by atoms with Crippen LogP contribution in [0.25, 0.3) is 22.2 Å². The number of fused-ring (bicyclic) bond motifs is 1. The normalized spacial score (nSPS) is 24.8. The Morgan fingerprint density at radius 1 is 1.00 bits per heavy atom. The first-order chi connectivity index (χ1) is 17.9. The number of nitrogens with zero attached hydrogens (tertiary/aromatic N) is 2. The molecule has 0 bridgehead atoms. The molecule has 0 amide bonds. The van der Waals surface area contributed by atoms with Crippen LogP contribution in [-0.2, 0) is 11.3 Å². The van der Waals surface area contributed by atoms with Crippen LogP contribution < -0.4 is 0 Å². The monoisotopic (exact) mass is 498 g/mol. The Hall–Kier alpha value is -2.92. The highest BCUT2D eigenvalue weighted by Gasteiger charge is 2.45. The van der Waals surface area contributed by atoms with Gasteiger partial charge < -0.3 is 14.6 Å². The zero-order chi connectivity index (χ0) is 25.6. The quantitative estimate of drug-likeness (QED) is 0.409. The van der Waals surface area contributed by atoms with Crippen LogP contribution in [0.1, 0.15) is 79.6 Å². The van der Waals surface area contributed by atoms with Crippen molar-refractivity contribution in [3.05, 3.63) is 59.7 Å². The van der Waals surface area contributed by atoms with E-state index in [0.29, 0.717) is 23.7 Å². The van der Waals surface area contributed by atoms with Gasteiger partial charge >= 0.3 is 5.97 Å². The predicted molar refractivity (Wildman–Crippen MR) is 147 cm³/mol. The van der Waals surface area contributed by atoms with E-state index in [0.717, 1.165) is 67.4 Å². The smallest absolute Gasteiger partial charge is 0.335 e. The van der Waals surface area contributed by atoms with Crippen LogP contribution in [0.2, 0.25) is 0 Å². The number of rotatable bonds is 6. The number of carbonyl (C=O) groups excluding carboxylic acids is 1. The van der Waals surface area contributed by atoms with Crippen LogP contribution in [0.4, 0.5) is 0 Å². The SMILES string of the molecule is CN1CCC2(CCC(C(=O)Cn3c(-c4ccccc4)c(C4CCCCC4)c4ccc(C(=O)O)cc43)C2)C1. The molecule has 2 aliphatic carbocycles. The maximum atomic E-state index is 13.9. The lowest BCUT2D eigenvalue weighted by molar-refractivity contribution is -0.123. The van der Waals surface area contributed by atoms with Gasteiger partial charge in [0.25, 0.3) is 0 Å². The van der Waals surface area contributed by atoms with E-state index < -0.39 is 5.97 Å². The molecule has 2 heterocycles. The largest absolute Gasteiger partial charge is 0.478 e. The molecule has 5 nitrogen and oxygen atoms in total. The maximum absolute atomic E-state index is 13.9. The molecule has 1 aliphatic heterocycles. The maximum Gasteiger partial charge on any atom is 0.335 e. The lowest BCUT2D eigenvalue weighted by atomic mass is 9.81. The van der Waals surface area contributed by atoms with Crippen molar-refractivity contribution in [2.45, 2.75) is 70.3 Å². The Balaban J connectivity index is 1.46. The number of benzene rings is 2. The zero-order valence-corrected chi connectivity index (χ0v) is 21.9. The van der Waals surface area contributed by atoms with Crippen molar-refractivity contribution in [2.75, 3.05) is 20.1 Å². The number of carboxylic acid groups (broad SMARTS) is 1. The Kier molecular flexibility index (Phi) is 6.44. The lowest BCUT2D eigenvalue weighted by Crippen LogP contribution is -2.24. The molecule has 5 heteroatoms. The number of aromatic nitrogens is 1. The number of likely N-dealkylation sites (tertiary alicyclic amines) is 1. The van der Waals surface area contributed by atoms with E-state index in [1.54, 1.807) is 12.1 Å². The van der Waals surface area contributed by atoms with Crippen LogP contribution in [0.3, 0.4) is 0 Å². The molecule has 194 valence electrons. The second-order valence-corrected chi connectivity index (χ2v) is 12.0. The van der Waals surface area contributed by atoms with E-state index in [4.69, 9.17) is 0 Å². The third kappa shape index (κ3) is 4.52. The first-order valence-corrected chi connectivity index (χ1v) is 14.1. The fourth-order valence-electron chi connectivity index (χ4n) is 7.68. The van der Waals surface area contributed by atoms with Crippen molar-refractivity contribution in [3.8, 4) is 11.3 Å². The summed E-state index contributed by atoms with van der Waals surface area (Å²) >= 11 is 0. The fourth-order valence-corrected chi connectivity index (χ4v) is 7.68. The van der Waals surface area contributed by atoms with E-state index >= 15 is 0 Å². The van der Waals surface area contributed by atoms with E-state index in [1.165, 1.54) is 31.2 Å². The van der Waals surface area contributed by atoms with Gasteiger partial charge in [-0.1, -0.05) is 55.7 Å². The van der Waals surface area contributed by atoms with Crippen LogP contribution in [0.15, 0.2) is 48.5 Å². The first-order valence-electron chi connectivity index (χ1n) is 14.1. The van der Waals surface area contributed by atoms with E-state index in [-0.39, 0.29) is 11.5 Å². The average molecular weight is 499 g/mol. The van der Waals surface area contributed by atoms with Gasteiger partial charge in [-0.05, 0) is 86.7 Å². The summed E-state index contributed by atoms with van der Waals surface area (Å²) in [5.74, 6) is -0.100. The topological polar surface area (TPSA) is 62.5 Å². The second-order valence-electron chi connectivity index (χ2n) is 12.0. The Bertz CT molecular complexity index is 1320. The van der Waals surface area contributed by atoms with Gasteiger partial charge in [-0.15, -0.1) is 0 Å². The van der Waals surface area contributed by atoms with Gasteiger partial charge in [0.15, 0.2) is 5.78 Å². The summed E-state index contributed by atoms with van der Waals surface area (Å²) in [6.45, 7) is 2.55. The summed E-state index contributed by atoms with van der Waals surface area (Å²) < 4.78 is 2.18. The molecule has 3 aromatic rings. The summed E-state index contributed by atoms with van der Waals surface area (Å²) in [4.78, 5) is 28.3. The molecule has 1 aromatic heterocycles. The first kappa shape index (κ1) is 24.4. The number of hydrogen-bond acceptors (Lipinski definition) is 3. The molecular weight excluding hydrogens is 460 g/mol. The molecular formula is C32H38N2O3. The van der Waals surface area contributed by atoms with Gasteiger partial charge in [0.2, 0.25) is 0 Å². The van der Waals surface area contributed by atoms with Gasteiger partial charge in [0.05, 0.1) is 23.3 Å². The Labute approximate surface area is 219 Å². The van der Waals surface area contributed by atoms with Crippen molar-refractivity contribution in [2.24, 2.45) is 11.3 Å². The summed E-state index contributed by atoms with van der Waals surface area (Å²) in [6, 6.07) is 15.9. The van der Waals surface area contributed by atoms with Gasteiger partial charge in [-0.3, -0.25) is 4.79 Å². The molecule has 2 unspecified atom stereocenters. The van der Waals surface area contributed by atoms with E-state index in [9.17, 15) is 14.7 Å². The fraction of sp³-hybridized carbons (Fsp3) is 0.500. The summed E-state index contributed by atoms with van der Waals surface area (Å²) in [5, 5.41) is 10.9. The van der Waals surface area contributed by atoms with E-state index in [1.807, 2.05) is 12.1 Å². The molecule has 1 spiro atoms. The molecule has 2 aromatic carbocycles. The zero-order valence-electron chi connectivity index (χ0n) is 21.9. The van der Waals surface area contributed by atoms with Crippen molar-refractivity contribution < 1.29 is 14.7 Å². The predicted octanol–water partition coefficient (Wildman–Crippen LogP) is 6.75. The van der Waals surface area contributed by atoms with Crippen LogP contribution in [0.5, 0.6) is 0 Å². The molecule has 1 N–H and O–H groups in total. The number of ketones is 1. The number of aromatic carboxylic acids is 1. The van der Waals surface area contributed by atoms with Crippen molar-refractivity contribution in [3.63, 3.8) is 0 Å². The van der Waals surface area contributed by atoms with Crippen LogP contribution in [-0.4, -0.2) is 46.5 Å².